The zero-order chi connectivity index (χ0) is 20.2. The number of sulfonamides is 1. The van der Waals surface area contributed by atoms with Crippen LogP contribution in [0.4, 0.5) is 18.9 Å². The number of carbonyl (C=O) groups excluding carboxylic acids is 1. The van der Waals surface area contributed by atoms with Gasteiger partial charge in [-0.05, 0) is 42.8 Å². The van der Waals surface area contributed by atoms with Crippen LogP contribution < -0.4 is 10.0 Å². The third kappa shape index (κ3) is 5.28. The van der Waals surface area contributed by atoms with Crippen LogP contribution in [-0.2, 0) is 16.2 Å². The predicted molar refractivity (Wildman–Crippen MR) is 92.9 cm³/mol. The first-order valence-electron chi connectivity index (χ1n) is 7.74. The average molecular weight is 402 g/mol. The molecule has 0 spiro atoms. The molecule has 0 aromatic heterocycles. The Hall–Kier alpha value is -2.43. The summed E-state index contributed by atoms with van der Waals surface area (Å²) in [5.74, 6) is -0.744. The topological polar surface area (TPSA) is 95.5 Å². The summed E-state index contributed by atoms with van der Waals surface area (Å²) in [5, 5.41) is 11.1. The molecule has 0 saturated heterocycles. The van der Waals surface area contributed by atoms with Crippen molar-refractivity contribution >= 4 is 21.6 Å². The van der Waals surface area contributed by atoms with Crippen LogP contribution in [-0.4, -0.2) is 32.6 Å². The van der Waals surface area contributed by atoms with Crippen molar-refractivity contribution in [1.29, 1.82) is 0 Å². The van der Waals surface area contributed by atoms with Crippen LogP contribution in [0.1, 0.15) is 21.5 Å². The molecular weight excluding hydrogens is 385 g/mol. The van der Waals surface area contributed by atoms with Crippen molar-refractivity contribution in [3.05, 3.63) is 59.2 Å². The lowest BCUT2D eigenvalue weighted by molar-refractivity contribution is -0.137. The van der Waals surface area contributed by atoms with Gasteiger partial charge in [0.2, 0.25) is 10.0 Å². The second-order valence-corrected chi connectivity index (χ2v) is 7.40. The van der Waals surface area contributed by atoms with E-state index in [-0.39, 0.29) is 22.7 Å². The van der Waals surface area contributed by atoms with E-state index in [9.17, 15) is 26.4 Å². The molecule has 2 rings (SSSR count). The largest absolute Gasteiger partial charge is 0.416 e. The minimum Gasteiger partial charge on any atom is -0.395 e. The van der Waals surface area contributed by atoms with E-state index in [1.54, 1.807) is 6.92 Å². The number of aliphatic hydroxyl groups excluding tert-OH is 1. The number of hydrogen-bond acceptors (Lipinski definition) is 4. The molecule has 0 heterocycles. The number of nitrogens with one attached hydrogen (secondary N) is 2. The maximum absolute atomic E-state index is 12.8. The summed E-state index contributed by atoms with van der Waals surface area (Å²) in [6.45, 7) is 0.981. The van der Waals surface area contributed by atoms with Gasteiger partial charge in [0.25, 0.3) is 5.91 Å². The van der Waals surface area contributed by atoms with E-state index < -0.39 is 34.3 Å². The Morgan fingerprint density at radius 1 is 1.15 bits per heavy atom. The smallest absolute Gasteiger partial charge is 0.395 e. The van der Waals surface area contributed by atoms with E-state index in [0.29, 0.717) is 5.56 Å². The lowest BCUT2D eigenvalue weighted by atomic mass is 10.1. The zero-order valence-electron chi connectivity index (χ0n) is 14.2. The molecule has 0 saturated carbocycles. The number of aryl methyl sites for hydroxylation is 1. The molecule has 3 N–H and O–H groups in total. The molecule has 0 bridgehead atoms. The number of rotatable bonds is 6. The standard InChI is InChI=1S/C17H17F3N2O4S/c1-11-5-6-14(27(25,26)21-7-8-23)10-15(11)16(24)22-13-4-2-3-12(9-13)17(18,19)20/h2-6,9-10,21,23H,7-8H2,1H3,(H,22,24). The van der Waals surface area contributed by atoms with E-state index in [0.717, 1.165) is 24.3 Å². The second kappa shape index (κ2) is 8.07. The van der Waals surface area contributed by atoms with Gasteiger partial charge in [-0.1, -0.05) is 12.1 Å². The molecule has 0 atom stereocenters. The highest BCUT2D eigenvalue weighted by Gasteiger charge is 2.30. The molecule has 0 aliphatic rings. The number of carbonyl (C=O) groups is 1. The summed E-state index contributed by atoms with van der Waals surface area (Å²) in [4.78, 5) is 12.2. The lowest BCUT2D eigenvalue weighted by Gasteiger charge is -2.12. The van der Waals surface area contributed by atoms with E-state index in [1.807, 2.05) is 0 Å². The number of anilines is 1. The lowest BCUT2D eigenvalue weighted by Crippen LogP contribution is -2.27. The van der Waals surface area contributed by atoms with Gasteiger partial charge in [-0.15, -0.1) is 0 Å². The summed E-state index contributed by atoms with van der Waals surface area (Å²) in [7, 11) is -3.93. The van der Waals surface area contributed by atoms with Crippen LogP contribution in [0.3, 0.4) is 0 Å². The van der Waals surface area contributed by atoms with Crippen LogP contribution in [0.5, 0.6) is 0 Å². The predicted octanol–water partition coefficient (Wildman–Crippen LogP) is 2.54. The first-order valence-corrected chi connectivity index (χ1v) is 9.22. The van der Waals surface area contributed by atoms with Gasteiger partial charge in [-0.3, -0.25) is 4.79 Å². The molecule has 0 fully saturated rings. The third-order valence-electron chi connectivity index (χ3n) is 3.62. The fraction of sp³-hybridized carbons (Fsp3) is 0.235. The number of aliphatic hydroxyl groups is 1. The van der Waals surface area contributed by atoms with Crippen molar-refractivity contribution < 1.29 is 31.5 Å². The van der Waals surface area contributed by atoms with E-state index in [4.69, 9.17) is 5.11 Å². The molecule has 27 heavy (non-hydrogen) atoms. The number of hydrogen-bond donors (Lipinski definition) is 3. The van der Waals surface area contributed by atoms with Crippen LogP contribution >= 0.6 is 0 Å². The number of benzene rings is 2. The SMILES string of the molecule is Cc1ccc(S(=O)(=O)NCCO)cc1C(=O)Nc1cccc(C(F)(F)F)c1. The highest BCUT2D eigenvalue weighted by atomic mass is 32.2. The molecule has 6 nitrogen and oxygen atoms in total. The minimum atomic E-state index is -4.55. The van der Waals surface area contributed by atoms with Crippen LogP contribution in [0.25, 0.3) is 0 Å². The van der Waals surface area contributed by atoms with Crippen LogP contribution in [0, 0.1) is 6.92 Å². The van der Waals surface area contributed by atoms with Gasteiger partial charge >= 0.3 is 6.18 Å². The molecule has 2 aromatic rings. The van der Waals surface area contributed by atoms with Crippen LogP contribution in [0.15, 0.2) is 47.4 Å². The zero-order valence-corrected chi connectivity index (χ0v) is 15.0. The van der Waals surface area contributed by atoms with Crippen molar-refractivity contribution in [2.24, 2.45) is 0 Å². The van der Waals surface area contributed by atoms with Gasteiger partial charge in [0.15, 0.2) is 0 Å². The fourth-order valence-corrected chi connectivity index (χ4v) is 3.29. The van der Waals surface area contributed by atoms with Crippen molar-refractivity contribution in [2.75, 3.05) is 18.5 Å². The van der Waals surface area contributed by atoms with E-state index in [2.05, 4.69) is 10.0 Å². The quantitative estimate of drug-likeness (QED) is 0.692. The Balaban J connectivity index is 2.30. The first-order chi connectivity index (χ1) is 12.5. The summed E-state index contributed by atoms with van der Waals surface area (Å²) < 4.78 is 64.7. The summed E-state index contributed by atoms with van der Waals surface area (Å²) in [6, 6.07) is 7.94. The van der Waals surface area contributed by atoms with E-state index in [1.165, 1.54) is 18.2 Å². The molecule has 2 aromatic carbocycles. The maximum atomic E-state index is 12.8. The van der Waals surface area contributed by atoms with Crippen molar-refractivity contribution in [1.82, 2.24) is 4.72 Å². The minimum absolute atomic E-state index is 0.000662. The van der Waals surface area contributed by atoms with Gasteiger partial charge in [0.05, 0.1) is 17.1 Å². The van der Waals surface area contributed by atoms with Gasteiger partial charge < -0.3 is 10.4 Å². The molecule has 0 unspecified atom stereocenters. The Morgan fingerprint density at radius 3 is 2.48 bits per heavy atom. The summed E-state index contributed by atoms with van der Waals surface area (Å²) in [5.41, 5.74) is -0.540. The van der Waals surface area contributed by atoms with Gasteiger partial charge in [0.1, 0.15) is 0 Å². The third-order valence-corrected chi connectivity index (χ3v) is 5.07. The molecule has 0 aliphatic heterocycles. The monoisotopic (exact) mass is 402 g/mol. The molecule has 0 aliphatic carbocycles. The summed E-state index contributed by atoms with van der Waals surface area (Å²) in [6.07, 6.45) is -4.55. The number of alkyl halides is 3. The molecule has 0 radical (unpaired) electrons. The normalized spacial score (nSPS) is 12.0. The molecular formula is C17H17F3N2O4S. The number of amides is 1. The molecule has 146 valence electrons. The van der Waals surface area contributed by atoms with Gasteiger partial charge in [-0.25, -0.2) is 13.1 Å². The van der Waals surface area contributed by atoms with Crippen LogP contribution in [0.2, 0.25) is 0 Å². The Kier molecular flexibility index (Phi) is 6.24. The number of halogens is 3. The van der Waals surface area contributed by atoms with Gasteiger partial charge in [-0.2, -0.15) is 13.2 Å². The average Bonchev–Trinajstić information content (AvgIpc) is 2.59. The first kappa shape index (κ1) is 20.9. The molecule has 1 amide bonds. The Labute approximate surface area is 154 Å². The maximum Gasteiger partial charge on any atom is 0.416 e. The highest BCUT2D eigenvalue weighted by molar-refractivity contribution is 7.89. The highest BCUT2D eigenvalue weighted by Crippen LogP contribution is 2.30. The van der Waals surface area contributed by atoms with Crippen molar-refractivity contribution in [3.63, 3.8) is 0 Å². The molecule has 10 heteroatoms. The summed E-state index contributed by atoms with van der Waals surface area (Å²) >= 11 is 0. The van der Waals surface area contributed by atoms with Crippen molar-refractivity contribution in [2.45, 2.75) is 18.0 Å². The Morgan fingerprint density at radius 2 is 1.85 bits per heavy atom. The van der Waals surface area contributed by atoms with Gasteiger partial charge in [0, 0.05) is 17.8 Å². The van der Waals surface area contributed by atoms with Crippen molar-refractivity contribution in [3.8, 4) is 0 Å². The second-order valence-electron chi connectivity index (χ2n) is 5.63. The Bertz CT molecular complexity index is 943. The van der Waals surface area contributed by atoms with E-state index >= 15 is 0 Å². The fourth-order valence-electron chi connectivity index (χ4n) is 2.25.